The summed E-state index contributed by atoms with van der Waals surface area (Å²) in [6, 6.07) is 4.81. The van der Waals surface area contributed by atoms with E-state index >= 15 is 0 Å². The van der Waals surface area contributed by atoms with Crippen LogP contribution >= 0.6 is 0 Å². The molecule has 0 bridgehead atoms. The van der Waals surface area contributed by atoms with Gasteiger partial charge in [0.05, 0.1) is 11.7 Å². The minimum absolute atomic E-state index is 0.427. The van der Waals surface area contributed by atoms with Gasteiger partial charge in [-0.2, -0.15) is 0 Å². The van der Waals surface area contributed by atoms with Crippen molar-refractivity contribution in [1.29, 1.82) is 0 Å². The molecule has 1 aliphatic heterocycles. The molecule has 3 heterocycles. The molecule has 0 N–H and O–H groups in total. The highest BCUT2D eigenvalue weighted by molar-refractivity contribution is 5.14. The standard InChI is InChI=1S/C18H26N4/c1-3-15-8-9-16(20-13-15)14-22-11-6-5-7-17(22)18-19-10-12-21(18)4-2/h8-10,12-13,17H,3-7,11,14H2,1-2H3. The highest BCUT2D eigenvalue weighted by atomic mass is 15.2. The predicted octanol–water partition coefficient (Wildman–Crippen LogP) is 3.59. The van der Waals surface area contributed by atoms with Crippen LogP contribution < -0.4 is 0 Å². The number of pyridine rings is 1. The third-order valence-corrected chi connectivity index (χ3v) is 4.66. The zero-order valence-corrected chi connectivity index (χ0v) is 13.7. The Morgan fingerprint density at radius 3 is 2.82 bits per heavy atom. The fourth-order valence-corrected chi connectivity index (χ4v) is 3.32. The van der Waals surface area contributed by atoms with Crippen LogP contribution in [-0.4, -0.2) is 26.0 Å². The van der Waals surface area contributed by atoms with Gasteiger partial charge in [0.25, 0.3) is 0 Å². The van der Waals surface area contributed by atoms with Gasteiger partial charge in [0.1, 0.15) is 5.82 Å². The van der Waals surface area contributed by atoms with Gasteiger partial charge >= 0.3 is 0 Å². The van der Waals surface area contributed by atoms with Gasteiger partial charge in [0.15, 0.2) is 0 Å². The normalized spacial score (nSPS) is 19.5. The van der Waals surface area contributed by atoms with Gasteiger partial charge in [0.2, 0.25) is 0 Å². The van der Waals surface area contributed by atoms with Crippen LogP contribution in [0.25, 0.3) is 0 Å². The maximum absolute atomic E-state index is 4.63. The Bertz CT molecular complexity index is 587. The topological polar surface area (TPSA) is 34.0 Å². The molecule has 1 saturated heterocycles. The molecule has 2 aromatic heterocycles. The first-order valence-corrected chi connectivity index (χ1v) is 8.50. The van der Waals surface area contributed by atoms with Gasteiger partial charge < -0.3 is 4.57 Å². The van der Waals surface area contributed by atoms with Crippen LogP contribution in [0.2, 0.25) is 0 Å². The second-order valence-corrected chi connectivity index (χ2v) is 6.06. The quantitative estimate of drug-likeness (QED) is 0.846. The van der Waals surface area contributed by atoms with Gasteiger partial charge in [-0.1, -0.05) is 19.4 Å². The third kappa shape index (κ3) is 3.22. The van der Waals surface area contributed by atoms with Crippen molar-refractivity contribution in [3.63, 3.8) is 0 Å². The molecular weight excluding hydrogens is 272 g/mol. The van der Waals surface area contributed by atoms with E-state index in [1.165, 1.54) is 36.3 Å². The molecular formula is C18H26N4. The fraction of sp³-hybridized carbons (Fsp3) is 0.556. The Balaban J connectivity index is 1.77. The van der Waals surface area contributed by atoms with Crippen molar-refractivity contribution < 1.29 is 0 Å². The molecule has 2 aromatic rings. The van der Waals surface area contributed by atoms with Crippen LogP contribution in [0.4, 0.5) is 0 Å². The van der Waals surface area contributed by atoms with Crippen LogP contribution in [-0.2, 0) is 19.5 Å². The van der Waals surface area contributed by atoms with E-state index in [0.717, 1.165) is 26.1 Å². The minimum Gasteiger partial charge on any atom is -0.334 e. The van der Waals surface area contributed by atoms with E-state index in [-0.39, 0.29) is 0 Å². The molecule has 0 radical (unpaired) electrons. The summed E-state index contributed by atoms with van der Waals surface area (Å²) in [6.45, 7) is 7.40. The first-order valence-electron chi connectivity index (χ1n) is 8.50. The van der Waals surface area contributed by atoms with E-state index in [0.29, 0.717) is 6.04 Å². The van der Waals surface area contributed by atoms with E-state index < -0.39 is 0 Å². The zero-order valence-electron chi connectivity index (χ0n) is 13.7. The Morgan fingerprint density at radius 2 is 2.09 bits per heavy atom. The molecule has 1 atom stereocenters. The number of rotatable bonds is 5. The number of aromatic nitrogens is 3. The highest BCUT2D eigenvalue weighted by Crippen LogP contribution is 2.31. The summed E-state index contributed by atoms with van der Waals surface area (Å²) < 4.78 is 2.27. The van der Waals surface area contributed by atoms with Gasteiger partial charge in [-0.3, -0.25) is 9.88 Å². The van der Waals surface area contributed by atoms with Crippen LogP contribution in [0.5, 0.6) is 0 Å². The summed E-state index contributed by atoms with van der Waals surface area (Å²) in [5.74, 6) is 1.22. The second-order valence-electron chi connectivity index (χ2n) is 6.06. The smallest absolute Gasteiger partial charge is 0.126 e. The molecule has 0 aliphatic carbocycles. The van der Waals surface area contributed by atoms with Crippen molar-refractivity contribution >= 4 is 0 Å². The molecule has 1 fully saturated rings. The first-order chi connectivity index (χ1) is 10.8. The van der Waals surface area contributed by atoms with E-state index in [4.69, 9.17) is 0 Å². The average Bonchev–Trinajstić information content (AvgIpc) is 3.04. The van der Waals surface area contributed by atoms with Crippen LogP contribution in [0.15, 0.2) is 30.7 Å². The molecule has 118 valence electrons. The van der Waals surface area contributed by atoms with E-state index in [1.807, 2.05) is 12.4 Å². The monoisotopic (exact) mass is 298 g/mol. The van der Waals surface area contributed by atoms with Gasteiger partial charge in [-0.15, -0.1) is 0 Å². The second kappa shape index (κ2) is 7.05. The average molecular weight is 298 g/mol. The van der Waals surface area contributed by atoms with Gasteiger partial charge in [0, 0.05) is 31.7 Å². The van der Waals surface area contributed by atoms with Crippen molar-refractivity contribution in [3.8, 4) is 0 Å². The summed E-state index contributed by atoms with van der Waals surface area (Å²) in [5.41, 5.74) is 2.47. The highest BCUT2D eigenvalue weighted by Gasteiger charge is 2.27. The molecule has 22 heavy (non-hydrogen) atoms. The summed E-state index contributed by atoms with van der Waals surface area (Å²) in [6.07, 6.45) is 10.9. The van der Waals surface area contributed by atoms with Gasteiger partial charge in [-0.05, 0) is 44.4 Å². The lowest BCUT2D eigenvalue weighted by atomic mass is 10.0. The van der Waals surface area contributed by atoms with Crippen LogP contribution in [0.3, 0.4) is 0 Å². The van der Waals surface area contributed by atoms with E-state index in [1.54, 1.807) is 0 Å². The SMILES string of the molecule is CCc1ccc(CN2CCCCC2c2nccn2CC)nc1. The predicted molar refractivity (Wildman–Crippen MR) is 88.5 cm³/mol. The largest absolute Gasteiger partial charge is 0.334 e. The maximum atomic E-state index is 4.63. The molecule has 1 aliphatic rings. The van der Waals surface area contributed by atoms with Crippen molar-refractivity contribution in [1.82, 2.24) is 19.4 Å². The zero-order chi connectivity index (χ0) is 15.4. The lowest BCUT2D eigenvalue weighted by Crippen LogP contribution is -2.34. The number of hydrogen-bond acceptors (Lipinski definition) is 3. The van der Waals surface area contributed by atoms with Gasteiger partial charge in [-0.25, -0.2) is 4.98 Å². The Morgan fingerprint density at radius 1 is 1.18 bits per heavy atom. The first kappa shape index (κ1) is 15.2. The van der Waals surface area contributed by atoms with Crippen LogP contribution in [0, 0.1) is 0 Å². The summed E-state index contributed by atoms with van der Waals surface area (Å²) in [4.78, 5) is 11.8. The number of hydrogen-bond donors (Lipinski definition) is 0. The minimum atomic E-state index is 0.427. The Kier molecular flexibility index (Phi) is 4.88. The molecule has 1 unspecified atom stereocenters. The van der Waals surface area contributed by atoms with Crippen molar-refractivity contribution in [2.24, 2.45) is 0 Å². The number of imidazole rings is 1. The number of likely N-dealkylation sites (tertiary alicyclic amines) is 1. The third-order valence-electron chi connectivity index (χ3n) is 4.66. The molecule has 4 nitrogen and oxygen atoms in total. The Hall–Kier alpha value is -1.68. The van der Waals surface area contributed by atoms with E-state index in [2.05, 4.69) is 51.6 Å². The summed E-state index contributed by atoms with van der Waals surface area (Å²) in [7, 11) is 0. The fourth-order valence-electron chi connectivity index (χ4n) is 3.32. The lowest BCUT2D eigenvalue weighted by molar-refractivity contribution is 0.129. The summed E-state index contributed by atoms with van der Waals surface area (Å²) in [5, 5.41) is 0. The van der Waals surface area contributed by atoms with Crippen molar-refractivity contribution in [2.75, 3.05) is 6.54 Å². The number of piperidine rings is 1. The molecule has 0 aromatic carbocycles. The molecule has 4 heteroatoms. The molecule has 0 spiro atoms. The van der Waals surface area contributed by atoms with Crippen LogP contribution in [0.1, 0.15) is 56.2 Å². The molecule has 0 saturated carbocycles. The van der Waals surface area contributed by atoms with E-state index in [9.17, 15) is 0 Å². The Labute approximate surface area is 133 Å². The maximum Gasteiger partial charge on any atom is 0.126 e. The molecule has 3 rings (SSSR count). The van der Waals surface area contributed by atoms with Crippen molar-refractivity contribution in [2.45, 2.75) is 58.7 Å². The lowest BCUT2D eigenvalue weighted by Gasteiger charge is -2.35. The number of nitrogens with zero attached hydrogens (tertiary/aromatic N) is 4. The molecule has 0 amide bonds. The summed E-state index contributed by atoms with van der Waals surface area (Å²) >= 11 is 0. The van der Waals surface area contributed by atoms with Crippen molar-refractivity contribution in [3.05, 3.63) is 47.8 Å². The number of aryl methyl sites for hydroxylation is 2.